The number of allylic oxidation sites excluding steroid dienone is 1. The summed E-state index contributed by atoms with van der Waals surface area (Å²) in [5.41, 5.74) is 2.66. The van der Waals surface area contributed by atoms with Crippen molar-refractivity contribution < 1.29 is 9.47 Å². The highest BCUT2D eigenvalue weighted by Crippen LogP contribution is 2.42. The van der Waals surface area contributed by atoms with Crippen molar-refractivity contribution in [3.05, 3.63) is 35.9 Å². The van der Waals surface area contributed by atoms with Gasteiger partial charge < -0.3 is 14.8 Å². The lowest BCUT2D eigenvalue weighted by Crippen LogP contribution is -2.16. The molecule has 2 atom stereocenters. The number of ether oxygens (including phenoxy) is 2. The second-order valence-corrected chi connectivity index (χ2v) is 6.23. The Morgan fingerprint density at radius 2 is 1.90 bits per heavy atom. The average molecular weight is 275 g/mol. The summed E-state index contributed by atoms with van der Waals surface area (Å²) in [4.78, 5) is 0. The van der Waals surface area contributed by atoms with Gasteiger partial charge in [-0.15, -0.1) is 0 Å². The van der Waals surface area contributed by atoms with Crippen LogP contribution in [0.25, 0.3) is 0 Å². The first-order valence-electron chi connectivity index (χ1n) is 7.03. The highest BCUT2D eigenvalue weighted by Gasteiger charge is 2.41. The Kier molecular flexibility index (Phi) is 4.09. The van der Waals surface area contributed by atoms with Crippen molar-refractivity contribution in [1.29, 1.82) is 0 Å². The van der Waals surface area contributed by atoms with Crippen LogP contribution in [0.4, 0.5) is 0 Å². The third-order valence-corrected chi connectivity index (χ3v) is 4.34. The maximum absolute atomic E-state index is 5.36. The van der Waals surface area contributed by atoms with Crippen molar-refractivity contribution in [1.82, 2.24) is 5.32 Å². The van der Waals surface area contributed by atoms with Crippen molar-refractivity contribution in [2.45, 2.75) is 39.3 Å². The summed E-state index contributed by atoms with van der Waals surface area (Å²) in [5.74, 6) is 1.56. The molecule has 0 amide bonds. The fraction of sp³-hybridized carbons (Fsp3) is 0.529. The molecule has 0 aromatic heterocycles. The molecule has 0 aliphatic carbocycles. The molecule has 1 fully saturated rings. The molecule has 20 heavy (non-hydrogen) atoms. The smallest absolute Gasteiger partial charge is 0.161 e. The molecule has 1 saturated heterocycles. The molecule has 1 aromatic carbocycles. The molecule has 0 saturated carbocycles. The maximum atomic E-state index is 5.36. The summed E-state index contributed by atoms with van der Waals surface area (Å²) >= 11 is 0. The van der Waals surface area contributed by atoms with Gasteiger partial charge in [-0.3, -0.25) is 0 Å². The Balaban J connectivity index is 2.07. The third-order valence-electron chi connectivity index (χ3n) is 4.34. The van der Waals surface area contributed by atoms with Gasteiger partial charge in [0.1, 0.15) is 0 Å². The minimum Gasteiger partial charge on any atom is -0.493 e. The van der Waals surface area contributed by atoms with E-state index >= 15 is 0 Å². The van der Waals surface area contributed by atoms with Crippen LogP contribution in [0.1, 0.15) is 38.8 Å². The number of hydrogen-bond donors (Lipinski definition) is 1. The van der Waals surface area contributed by atoms with Crippen molar-refractivity contribution in [2.75, 3.05) is 14.2 Å². The van der Waals surface area contributed by atoms with Gasteiger partial charge in [0, 0.05) is 12.1 Å². The summed E-state index contributed by atoms with van der Waals surface area (Å²) in [7, 11) is 3.33. The quantitative estimate of drug-likeness (QED) is 0.635. The van der Waals surface area contributed by atoms with E-state index in [1.165, 1.54) is 11.1 Å². The normalized spacial score (nSPS) is 21.4. The van der Waals surface area contributed by atoms with Crippen LogP contribution in [0.5, 0.6) is 11.5 Å². The van der Waals surface area contributed by atoms with E-state index in [9.17, 15) is 0 Å². The molecule has 3 heteroatoms. The second kappa shape index (κ2) is 5.49. The Hall–Kier alpha value is -1.48. The van der Waals surface area contributed by atoms with Crippen molar-refractivity contribution in [2.24, 2.45) is 5.41 Å². The topological polar surface area (TPSA) is 40.4 Å². The van der Waals surface area contributed by atoms with E-state index < -0.39 is 0 Å². The first-order chi connectivity index (χ1) is 9.39. The van der Waals surface area contributed by atoms with Gasteiger partial charge in [-0.25, -0.2) is 0 Å². The van der Waals surface area contributed by atoms with Crippen LogP contribution in [0.15, 0.2) is 30.4 Å². The molecule has 3 nitrogen and oxygen atoms in total. The zero-order valence-electron chi connectivity index (χ0n) is 13.1. The number of nitrogens with one attached hydrogen (secondary N) is 1. The molecule has 2 unspecified atom stereocenters. The first-order valence-corrected chi connectivity index (χ1v) is 7.03. The minimum absolute atomic E-state index is 0.170. The molecule has 0 spiro atoms. The summed E-state index contributed by atoms with van der Waals surface area (Å²) in [6, 6.07) is 7.06. The number of hydrogen-bond acceptors (Lipinski definition) is 3. The van der Waals surface area contributed by atoms with E-state index in [0.29, 0.717) is 12.1 Å². The number of benzene rings is 1. The predicted octanol–water partition coefficient (Wildman–Crippen LogP) is 3.71. The fourth-order valence-corrected chi connectivity index (χ4v) is 2.45. The van der Waals surface area contributed by atoms with Gasteiger partial charge in [-0.1, -0.05) is 32.1 Å². The van der Waals surface area contributed by atoms with E-state index in [1.807, 2.05) is 6.07 Å². The Morgan fingerprint density at radius 3 is 2.45 bits per heavy atom. The third kappa shape index (κ3) is 2.98. The summed E-state index contributed by atoms with van der Waals surface area (Å²) in [6.45, 7) is 10.7. The molecule has 1 aliphatic heterocycles. The molecule has 1 aromatic rings. The highest BCUT2D eigenvalue weighted by molar-refractivity contribution is 5.45. The van der Waals surface area contributed by atoms with Gasteiger partial charge in [0.05, 0.1) is 14.2 Å². The van der Waals surface area contributed by atoms with Gasteiger partial charge in [-0.05, 0) is 36.5 Å². The molecular weight excluding hydrogens is 250 g/mol. The number of methoxy groups -OCH3 is 2. The van der Waals surface area contributed by atoms with Crippen LogP contribution in [0.3, 0.4) is 0 Å². The highest BCUT2D eigenvalue weighted by atomic mass is 16.5. The Labute approximate surface area is 122 Å². The fourth-order valence-electron chi connectivity index (χ4n) is 2.45. The largest absolute Gasteiger partial charge is 0.493 e. The lowest BCUT2D eigenvalue weighted by Gasteiger charge is -2.24. The zero-order valence-corrected chi connectivity index (χ0v) is 13.1. The molecular formula is C17H25NO2. The average Bonchev–Trinajstić information content (AvgIpc) is 3.16. The monoisotopic (exact) mass is 275 g/mol. The van der Waals surface area contributed by atoms with E-state index in [0.717, 1.165) is 17.9 Å². The lowest BCUT2D eigenvalue weighted by atomic mass is 9.81. The minimum atomic E-state index is 0.170. The lowest BCUT2D eigenvalue weighted by molar-refractivity contribution is 0.354. The molecule has 1 N–H and O–H groups in total. The van der Waals surface area contributed by atoms with E-state index in [1.54, 1.807) is 14.2 Å². The molecule has 110 valence electrons. The Morgan fingerprint density at radius 1 is 1.25 bits per heavy atom. The van der Waals surface area contributed by atoms with Gasteiger partial charge >= 0.3 is 0 Å². The van der Waals surface area contributed by atoms with E-state index in [2.05, 4.69) is 44.8 Å². The van der Waals surface area contributed by atoms with Crippen LogP contribution >= 0.6 is 0 Å². The van der Waals surface area contributed by atoms with Gasteiger partial charge in [0.2, 0.25) is 0 Å². The van der Waals surface area contributed by atoms with Crippen molar-refractivity contribution in [3.8, 4) is 11.5 Å². The van der Waals surface area contributed by atoms with E-state index in [-0.39, 0.29) is 5.41 Å². The standard InChI is InChI=1S/C17H25NO2/c1-11(2)17(3,4)10-13-16(18-13)12-7-8-14(19-5)15(9-12)20-6/h7-9,13,16,18H,1,10H2,2-6H3. The summed E-state index contributed by atoms with van der Waals surface area (Å²) in [6.07, 6.45) is 1.10. The van der Waals surface area contributed by atoms with Gasteiger partial charge in [0.25, 0.3) is 0 Å². The molecule has 0 bridgehead atoms. The van der Waals surface area contributed by atoms with Crippen molar-refractivity contribution >= 4 is 0 Å². The van der Waals surface area contributed by atoms with Gasteiger partial charge in [0.15, 0.2) is 11.5 Å². The van der Waals surface area contributed by atoms with Crippen LogP contribution in [0.2, 0.25) is 0 Å². The maximum Gasteiger partial charge on any atom is 0.161 e. The molecule has 1 heterocycles. The van der Waals surface area contributed by atoms with Gasteiger partial charge in [-0.2, -0.15) is 0 Å². The van der Waals surface area contributed by atoms with Crippen LogP contribution in [-0.4, -0.2) is 20.3 Å². The number of rotatable bonds is 6. The van der Waals surface area contributed by atoms with Crippen LogP contribution < -0.4 is 14.8 Å². The SMILES string of the molecule is C=C(C)C(C)(C)CC1NC1c1ccc(OC)c(OC)c1. The summed E-state index contributed by atoms with van der Waals surface area (Å²) in [5, 5.41) is 3.55. The molecule has 2 rings (SSSR count). The predicted molar refractivity (Wildman–Crippen MR) is 82.4 cm³/mol. The zero-order chi connectivity index (χ0) is 14.9. The summed E-state index contributed by atoms with van der Waals surface area (Å²) < 4.78 is 10.6. The van der Waals surface area contributed by atoms with Crippen molar-refractivity contribution in [3.63, 3.8) is 0 Å². The van der Waals surface area contributed by atoms with E-state index in [4.69, 9.17) is 9.47 Å². The Bertz CT molecular complexity index is 508. The second-order valence-electron chi connectivity index (χ2n) is 6.23. The molecule has 1 aliphatic rings. The van der Waals surface area contributed by atoms with Crippen LogP contribution in [-0.2, 0) is 0 Å². The first kappa shape index (κ1) is 14.9. The van der Waals surface area contributed by atoms with Crippen LogP contribution in [0, 0.1) is 5.41 Å². The molecule has 0 radical (unpaired) electrons.